The lowest BCUT2D eigenvalue weighted by molar-refractivity contribution is -0.147. The number of carbonyl (C=O) groups is 4. The third-order valence-electron chi connectivity index (χ3n) is 5.62. The van der Waals surface area contributed by atoms with Gasteiger partial charge in [0.25, 0.3) is 0 Å². The molecule has 0 aliphatic carbocycles. The molecule has 0 aromatic heterocycles. The van der Waals surface area contributed by atoms with Gasteiger partial charge >= 0.3 is 11.9 Å². The summed E-state index contributed by atoms with van der Waals surface area (Å²) in [6.45, 7) is 1.60. The number of rotatable bonds is 7. The second-order valence-electron chi connectivity index (χ2n) is 8.17. The Balaban J connectivity index is 1.29. The van der Waals surface area contributed by atoms with Crippen LogP contribution in [-0.2, 0) is 14.3 Å². The molecule has 4 rings (SSSR count). The summed E-state index contributed by atoms with van der Waals surface area (Å²) >= 11 is 6.16. The molecule has 0 N–H and O–H groups in total. The summed E-state index contributed by atoms with van der Waals surface area (Å²) in [5.74, 6) is -2.17. The zero-order valence-electron chi connectivity index (χ0n) is 18.9. The molecule has 3 aromatic rings. The molecule has 0 unspecified atom stereocenters. The van der Waals surface area contributed by atoms with Crippen molar-refractivity contribution in [1.29, 1.82) is 0 Å². The Morgan fingerprint density at radius 3 is 2.29 bits per heavy atom. The van der Waals surface area contributed by atoms with Crippen molar-refractivity contribution in [2.45, 2.75) is 13.3 Å². The predicted molar refractivity (Wildman–Crippen MR) is 130 cm³/mol. The number of anilines is 1. The molecular weight excluding hydrogens is 470 g/mol. The van der Waals surface area contributed by atoms with Crippen molar-refractivity contribution in [2.24, 2.45) is 5.92 Å². The highest BCUT2D eigenvalue weighted by atomic mass is 35.5. The van der Waals surface area contributed by atoms with E-state index < -0.39 is 30.2 Å². The first-order chi connectivity index (χ1) is 16.8. The Hall–Kier alpha value is -3.97. The smallest absolute Gasteiger partial charge is 0.343 e. The van der Waals surface area contributed by atoms with E-state index >= 15 is 0 Å². The Bertz CT molecular complexity index is 1270. The van der Waals surface area contributed by atoms with Gasteiger partial charge in [-0.05, 0) is 55.5 Å². The number of ether oxygens (including phenoxy) is 2. The van der Waals surface area contributed by atoms with Crippen LogP contribution < -0.4 is 9.64 Å². The number of hydrogen-bond acceptors (Lipinski definition) is 6. The van der Waals surface area contributed by atoms with E-state index in [9.17, 15) is 19.2 Å². The molecule has 1 amide bonds. The van der Waals surface area contributed by atoms with Crippen molar-refractivity contribution >= 4 is 40.9 Å². The van der Waals surface area contributed by atoms with Crippen molar-refractivity contribution in [2.75, 3.05) is 18.1 Å². The fourth-order valence-corrected chi connectivity index (χ4v) is 3.91. The second-order valence-corrected chi connectivity index (χ2v) is 8.57. The lowest BCUT2D eigenvalue weighted by atomic mass is 10.1. The highest BCUT2D eigenvalue weighted by Crippen LogP contribution is 2.31. The summed E-state index contributed by atoms with van der Waals surface area (Å²) in [6.07, 6.45) is -0.0146. The third kappa shape index (κ3) is 5.75. The van der Waals surface area contributed by atoms with Gasteiger partial charge < -0.3 is 14.4 Å². The van der Waals surface area contributed by atoms with Crippen LogP contribution in [0.5, 0.6) is 5.75 Å². The Morgan fingerprint density at radius 1 is 0.943 bits per heavy atom. The Labute approximate surface area is 207 Å². The summed E-state index contributed by atoms with van der Waals surface area (Å²) in [5.41, 5.74) is 2.28. The zero-order valence-corrected chi connectivity index (χ0v) is 19.7. The number of halogens is 1. The fourth-order valence-electron chi connectivity index (χ4n) is 3.67. The lowest BCUT2D eigenvalue weighted by Gasteiger charge is -2.17. The first kappa shape index (κ1) is 24.2. The maximum absolute atomic E-state index is 12.5. The predicted octanol–water partition coefficient (Wildman–Crippen LogP) is 4.65. The zero-order chi connectivity index (χ0) is 24.9. The first-order valence-corrected chi connectivity index (χ1v) is 11.3. The average Bonchev–Trinajstić information content (AvgIpc) is 3.25. The topological polar surface area (TPSA) is 90.0 Å². The minimum atomic E-state index is -0.685. The molecule has 0 radical (unpaired) electrons. The van der Waals surface area contributed by atoms with Crippen LogP contribution in [0.3, 0.4) is 0 Å². The molecule has 0 bridgehead atoms. The van der Waals surface area contributed by atoms with Crippen LogP contribution in [0.1, 0.15) is 32.7 Å². The maximum Gasteiger partial charge on any atom is 0.343 e. The maximum atomic E-state index is 12.5. The summed E-state index contributed by atoms with van der Waals surface area (Å²) in [4.78, 5) is 51.0. The van der Waals surface area contributed by atoms with E-state index in [0.29, 0.717) is 21.8 Å². The Morgan fingerprint density at radius 2 is 1.60 bits per heavy atom. The van der Waals surface area contributed by atoms with Crippen LogP contribution in [0.2, 0.25) is 5.02 Å². The van der Waals surface area contributed by atoms with Gasteiger partial charge in [0.05, 0.1) is 22.2 Å². The number of benzene rings is 3. The number of carbonyl (C=O) groups excluding carboxylic acids is 4. The van der Waals surface area contributed by atoms with Gasteiger partial charge in [-0.25, -0.2) is 4.79 Å². The van der Waals surface area contributed by atoms with Crippen LogP contribution in [0, 0.1) is 12.8 Å². The normalized spacial score (nSPS) is 15.1. The van der Waals surface area contributed by atoms with E-state index in [1.54, 1.807) is 36.4 Å². The standard InChI is InChI=1S/C27H22ClNO6/c1-17-6-8-19(9-7-17)27(33)35-21-12-10-18(11-13-21)24(30)16-34-26(32)20-14-25(31)29(15-20)23-5-3-2-4-22(23)28/h2-13,20H,14-16H2,1H3/t20-/m1/s1. The molecule has 3 aromatic carbocycles. The van der Waals surface area contributed by atoms with Gasteiger partial charge in [0.2, 0.25) is 5.91 Å². The van der Waals surface area contributed by atoms with Gasteiger partial charge in [-0.1, -0.05) is 41.4 Å². The van der Waals surface area contributed by atoms with Crippen LogP contribution in [0.25, 0.3) is 0 Å². The Kier molecular flexibility index (Phi) is 7.27. The molecule has 0 spiro atoms. The van der Waals surface area contributed by atoms with Crippen LogP contribution in [-0.4, -0.2) is 36.8 Å². The van der Waals surface area contributed by atoms with E-state index in [0.717, 1.165) is 5.56 Å². The highest BCUT2D eigenvalue weighted by molar-refractivity contribution is 6.33. The van der Waals surface area contributed by atoms with Gasteiger partial charge in [0, 0.05) is 18.5 Å². The van der Waals surface area contributed by atoms with E-state index in [1.807, 2.05) is 19.1 Å². The minimum absolute atomic E-state index is 0.0146. The van der Waals surface area contributed by atoms with Gasteiger partial charge in [0.1, 0.15) is 5.75 Å². The number of nitrogens with zero attached hydrogens (tertiary/aromatic N) is 1. The number of aryl methyl sites for hydroxylation is 1. The molecule has 1 saturated heterocycles. The monoisotopic (exact) mass is 491 g/mol. The SMILES string of the molecule is Cc1ccc(C(=O)Oc2ccc(C(=O)COC(=O)[C@@H]3CC(=O)N(c4ccccc4Cl)C3)cc2)cc1. The number of ketones is 1. The van der Waals surface area contributed by atoms with E-state index in [1.165, 1.54) is 29.2 Å². The largest absolute Gasteiger partial charge is 0.457 e. The van der Waals surface area contributed by atoms with Crippen molar-refractivity contribution in [3.63, 3.8) is 0 Å². The van der Waals surface area contributed by atoms with Crippen molar-refractivity contribution in [1.82, 2.24) is 0 Å². The van der Waals surface area contributed by atoms with Gasteiger partial charge in [-0.15, -0.1) is 0 Å². The second kappa shape index (κ2) is 10.5. The third-order valence-corrected chi connectivity index (χ3v) is 5.94. The highest BCUT2D eigenvalue weighted by Gasteiger charge is 2.37. The van der Waals surface area contributed by atoms with Crippen molar-refractivity contribution in [3.8, 4) is 5.75 Å². The molecule has 8 heteroatoms. The molecule has 7 nitrogen and oxygen atoms in total. The number of para-hydroxylation sites is 1. The molecule has 0 saturated carbocycles. The van der Waals surface area contributed by atoms with Gasteiger partial charge in [0.15, 0.2) is 12.4 Å². The van der Waals surface area contributed by atoms with Crippen LogP contribution in [0.4, 0.5) is 5.69 Å². The first-order valence-electron chi connectivity index (χ1n) is 11.0. The van der Waals surface area contributed by atoms with Crippen molar-refractivity contribution < 1.29 is 28.7 Å². The average molecular weight is 492 g/mol. The molecule has 35 heavy (non-hydrogen) atoms. The van der Waals surface area contributed by atoms with Gasteiger partial charge in [-0.3, -0.25) is 14.4 Å². The van der Waals surface area contributed by atoms with Gasteiger partial charge in [-0.2, -0.15) is 0 Å². The molecule has 1 fully saturated rings. The molecule has 1 aliphatic rings. The summed E-state index contributed by atoms with van der Waals surface area (Å²) in [6, 6.07) is 19.9. The lowest BCUT2D eigenvalue weighted by Crippen LogP contribution is -2.27. The summed E-state index contributed by atoms with van der Waals surface area (Å²) in [7, 11) is 0. The molecule has 1 aliphatic heterocycles. The number of hydrogen-bond donors (Lipinski definition) is 0. The van der Waals surface area contributed by atoms with Crippen LogP contribution >= 0.6 is 11.6 Å². The summed E-state index contributed by atoms with van der Waals surface area (Å²) < 4.78 is 10.5. The molecule has 1 heterocycles. The summed E-state index contributed by atoms with van der Waals surface area (Å²) in [5, 5.41) is 0.415. The minimum Gasteiger partial charge on any atom is -0.457 e. The van der Waals surface area contributed by atoms with E-state index in [-0.39, 0.29) is 24.6 Å². The molecule has 1 atom stereocenters. The number of Topliss-reactive ketones (excluding diaryl/α,β-unsaturated/α-hetero) is 1. The number of amides is 1. The molecular formula is C27H22ClNO6. The van der Waals surface area contributed by atoms with E-state index in [2.05, 4.69) is 0 Å². The fraction of sp³-hybridized carbons (Fsp3) is 0.185. The molecule has 178 valence electrons. The quantitative estimate of drug-likeness (QED) is 0.271. The van der Waals surface area contributed by atoms with E-state index in [4.69, 9.17) is 21.1 Å². The number of esters is 2. The van der Waals surface area contributed by atoms with Crippen LogP contribution in [0.15, 0.2) is 72.8 Å². The van der Waals surface area contributed by atoms with Crippen molar-refractivity contribution in [3.05, 3.63) is 94.5 Å².